The summed E-state index contributed by atoms with van der Waals surface area (Å²) in [5, 5.41) is 4.50. The fraction of sp³-hybridized carbons (Fsp3) is 0.130. The number of aromatic nitrogens is 3. The summed E-state index contributed by atoms with van der Waals surface area (Å²) >= 11 is 12.6. The van der Waals surface area contributed by atoms with Crippen molar-refractivity contribution in [3.05, 3.63) is 82.1 Å². The Kier molecular flexibility index (Phi) is 5.82. The number of aromatic amines is 1. The molecule has 0 fully saturated rings. The molecule has 4 rings (SSSR count). The number of halogens is 2. The normalized spacial score (nSPS) is 12.0. The van der Waals surface area contributed by atoms with Crippen molar-refractivity contribution >= 4 is 34.2 Å². The van der Waals surface area contributed by atoms with Crippen LogP contribution in [-0.2, 0) is 6.42 Å². The fourth-order valence-corrected chi connectivity index (χ4v) is 3.79. The Bertz CT molecular complexity index is 1160. The van der Waals surface area contributed by atoms with Crippen LogP contribution < -0.4 is 5.32 Å². The third kappa shape index (κ3) is 4.28. The van der Waals surface area contributed by atoms with E-state index in [1.54, 1.807) is 18.3 Å². The van der Waals surface area contributed by atoms with E-state index in [9.17, 15) is 0 Å². The fourth-order valence-electron chi connectivity index (χ4n) is 3.21. The molecule has 0 aliphatic rings. The third-order valence-electron chi connectivity index (χ3n) is 4.66. The van der Waals surface area contributed by atoms with Crippen molar-refractivity contribution in [3.8, 4) is 23.7 Å². The summed E-state index contributed by atoms with van der Waals surface area (Å²) in [4.78, 5) is 12.3. The van der Waals surface area contributed by atoms with E-state index in [0.29, 0.717) is 21.4 Å². The molecular formula is C23H18Cl2N4. The van der Waals surface area contributed by atoms with Crippen LogP contribution in [0.15, 0.2) is 60.8 Å². The van der Waals surface area contributed by atoms with E-state index in [1.165, 1.54) is 0 Å². The van der Waals surface area contributed by atoms with Crippen LogP contribution in [0, 0.1) is 12.3 Å². The molecule has 0 amide bonds. The molecule has 0 aliphatic carbocycles. The molecule has 1 unspecified atom stereocenters. The van der Waals surface area contributed by atoms with Gasteiger partial charge in [-0.25, -0.2) is 4.98 Å². The monoisotopic (exact) mass is 420 g/mol. The molecule has 4 nitrogen and oxygen atoms in total. The van der Waals surface area contributed by atoms with E-state index >= 15 is 0 Å². The minimum Gasteiger partial charge on any atom is -0.338 e. The van der Waals surface area contributed by atoms with Crippen LogP contribution in [-0.4, -0.2) is 21.5 Å². The van der Waals surface area contributed by atoms with Gasteiger partial charge in [-0.3, -0.25) is 10.3 Å². The molecule has 2 aromatic carbocycles. The van der Waals surface area contributed by atoms with Crippen molar-refractivity contribution in [1.29, 1.82) is 0 Å². The molecule has 0 aliphatic heterocycles. The number of nitrogens with zero attached hydrogens (tertiary/aromatic N) is 2. The first-order valence-electron chi connectivity index (χ1n) is 9.19. The van der Waals surface area contributed by atoms with Gasteiger partial charge in [0.25, 0.3) is 0 Å². The zero-order chi connectivity index (χ0) is 20.2. The molecule has 1 atom stereocenters. The molecular weight excluding hydrogens is 403 g/mol. The van der Waals surface area contributed by atoms with Crippen molar-refractivity contribution in [2.45, 2.75) is 12.5 Å². The van der Waals surface area contributed by atoms with Gasteiger partial charge in [-0.05, 0) is 42.0 Å². The number of H-pyrrole nitrogens is 1. The summed E-state index contributed by atoms with van der Waals surface area (Å²) in [7, 11) is 0. The predicted molar refractivity (Wildman–Crippen MR) is 119 cm³/mol. The Balaban J connectivity index is 1.55. The van der Waals surface area contributed by atoms with Gasteiger partial charge in [0.15, 0.2) is 0 Å². The minimum absolute atomic E-state index is 0.209. The topological polar surface area (TPSA) is 53.6 Å². The van der Waals surface area contributed by atoms with E-state index in [4.69, 9.17) is 29.6 Å². The first kappa shape index (κ1) is 19.5. The lowest BCUT2D eigenvalue weighted by atomic mass is 10.1. The van der Waals surface area contributed by atoms with Gasteiger partial charge in [0.1, 0.15) is 5.82 Å². The van der Waals surface area contributed by atoms with Crippen LogP contribution >= 0.6 is 23.2 Å². The summed E-state index contributed by atoms with van der Waals surface area (Å²) in [6, 6.07) is 17.0. The van der Waals surface area contributed by atoms with E-state index in [1.807, 2.05) is 42.5 Å². The van der Waals surface area contributed by atoms with Crippen LogP contribution in [0.1, 0.15) is 17.3 Å². The molecule has 0 bridgehead atoms. The number of hydrogen-bond donors (Lipinski definition) is 2. The second-order valence-electron chi connectivity index (χ2n) is 6.58. The van der Waals surface area contributed by atoms with Crippen LogP contribution in [0.3, 0.4) is 0 Å². The highest BCUT2D eigenvalue weighted by atomic mass is 35.5. The van der Waals surface area contributed by atoms with Gasteiger partial charge in [0.05, 0.1) is 32.7 Å². The molecule has 29 heavy (non-hydrogen) atoms. The van der Waals surface area contributed by atoms with Gasteiger partial charge >= 0.3 is 0 Å². The van der Waals surface area contributed by atoms with Gasteiger partial charge in [-0.2, -0.15) is 0 Å². The number of rotatable bonds is 6. The average Bonchev–Trinajstić information content (AvgIpc) is 3.14. The molecule has 2 N–H and O–H groups in total. The van der Waals surface area contributed by atoms with Gasteiger partial charge in [-0.15, -0.1) is 6.42 Å². The molecule has 144 valence electrons. The average molecular weight is 421 g/mol. The van der Waals surface area contributed by atoms with Crippen molar-refractivity contribution < 1.29 is 0 Å². The Labute approximate surface area is 179 Å². The lowest BCUT2D eigenvalue weighted by molar-refractivity contribution is 0.631. The molecule has 4 aromatic rings. The smallest absolute Gasteiger partial charge is 0.141 e. The number of fused-ring (bicyclic) bond motifs is 1. The lowest BCUT2D eigenvalue weighted by Crippen LogP contribution is -2.22. The highest BCUT2D eigenvalue weighted by Crippen LogP contribution is 2.34. The number of pyridine rings is 1. The first-order valence-corrected chi connectivity index (χ1v) is 9.95. The van der Waals surface area contributed by atoms with Crippen LogP contribution in [0.2, 0.25) is 10.0 Å². The maximum Gasteiger partial charge on any atom is 0.141 e. The van der Waals surface area contributed by atoms with Crippen LogP contribution in [0.4, 0.5) is 0 Å². The lowest BCUT2D eigenvalue weighted by Gasteiger charge is -2.13. The first-order chi connectivity index (χ1) is 14.2. The summed E-state index contributed by atoms with van der Waals surface area (Å²) in [5.41, 5.74) is 4.40. The maximum absolute atomic E-state index is 6.32. The second kappa shape index (κ2) is 8.67. The van der Waals surface area contributed by atoms with E-state index in [0.717, 1.165) is 35.3 Å². The molecule has 0 saturated heterocycles. The Morgan fingerprint density at radius 2 is 1.90 bits per heavy atom. The summed E-state index contributed by atoms with van der Waals surface area (Å²) in [6.07, 6.45) is 8.38. The molecule has 0 saturated carbocycles. The highest BCUT2D eigenvalue weighted by molar-refractivity contribution is 6.39. The molecule has 2 heterocycles. The molecule has 0 radical (unpaired) electrons. The number of terminal acetylenes is 1. The predicted octanol–water partition coefficient (Wildman–Crippen LogP) is 5.44. The minimum atomic E-state index is -0.209. The van der Waals surface area contributed by atoms with Gasteiger partial charge in [-0.1, -0.05) is 47.3 Å². The molecule has 0 spiro atoms. The van der Waals surface area contributed by atoms with Gasteiger partial charge in [0.2, 0.25) is 0 Å². The van der Waals surface area contributed by atoms with Crippen molar-refractivity contribution in [2.24, 2.45) is 0 Å². The van der Waals surface area contributed by atoms with Crippen molar-refractivity contribution in [1.82, 2.24) is 20.3 Å². The van der Waals surface area contributed by atoms with Crippen molar-refractivity contribution in [2.75, 3.05) is 6.54 Å². The van der Waals surface area contributed by atoms with E-state index in [-0.39, 0.29) is 6.04 Å². The summed E-state index contributed by atoms with van der Waals surface area (Å²) < 4.78 is 0. The Morgan fingerprint density at radius 3 is 2.62 bits per heavy atom. The standard InChI is InChI=1S/C23H18Cl2N4/c1-2-19(27-13-11-16-6-3-4-12-26-16)15-9-10-20-21(14-15)29-23(28-20)22-17(24)7-5-8-18(22)25/h1,3-10,12,14,19,27H,11,13H2,(H,28,29). The number of nitrogens with one attached hydrogen (secondary N) is 2. The Morgan fingerprint density at radius 1 is 1.07 bits per heavy atom. The van der Waals surface area contributed by atoms with Gasteiger partial charge in [0, 0.05) is 24.9 Å². The number of benzene rings is 2. The van der Waals surface area contributed by atoms with Crippen LogP contribution in [0.25, 0.3) is 22.4 Å². The summed E-state index contributed by atoms with van der Waals surface area (Å²) in [6.45, 7) is 0.730. The quantitative estimate of drug-likeness (QED) is 0.408. The number of hydrogen-bond acceptors (Lipinski definition) is 3. The van der Waals surface area contributed by atoms with E-state index < -0.39 is 0 Å². The Hall–Kier alpha value is -2.84. The number of imidazole rings is 1. The maximum atomic E-state index is 6.32. The van der Waals surface area contributed by atoms with Gasteiger partial charge < -0.3 is 4.98 Å². The molecule has 6 heteroatoms. The largest absolute Gasteiger partial charge is 0.338 e. The third-order valence-corrected chi connectivity index (χ3v) is 5.29. The van der Waals surface area contributed by atoms with Crippen molar-refractivity contribution in [3.63, 3.8) is 0 Å². The second-order valence-corrected chi connectivity index (χ2v) is 7.40. The zero-order valence-electron chi connectivity index (χ0n) is 15.5. The molecule has 2 aromatic heterocycles. The highest BCUT2D eigenvalue weighted by Gasteiger charge is 2.14. The SMILES string of the molecule is C#CC(NCCc1ccccn1)c1ccc2nc(-c3c(Cl)cccc3Cl)[nH]c2c1. The zero-order valence-corrected chi connectivity index (χ0v) is 17.0. The summed E-state index contributed by atoms with van der Waals surface area (Å²) in [5.74, 6) is 3.45. The van der Waals surface area contributed by atoms with Crippen LogP contribution in [0.5, 0.6) is 0 Å². The van der Waals surface area contributed by atoms with E-state index in [2.05, 4.69) is 26.2 Å².